The van der Waals surface area contributed by atoms with Gasteiger partial charge < -0.3 is 10.2 Å². The highest BCUT2D eigenvalue weighted by Crippen LogP contribution is 2.26. The Morgan fingerprint density at radius 1 is 1.15 bits per heavy atom. The van der Waals surface area contributed by atoms with Crippen molar-refractivity contribution >= 4 is 0 Å². The average Bonchev–Trinajstić information content (AvgIpc) is 2.40. The van der Waals surface area contributed by atoms with Crippen LogP contribution in [0.3, 0.4) is 0 Å². The van der Waals surface area contributed by atoms with Crippen LogP contribution >= 0.6 is 0 Å². The van der Waals surface area contributed by atoms with Gasteiger partial charge in [0.2, 0.25) is 0 Å². The van der Waals surface area contributed by atoms with Gasteiger partial charge in [0.15, 0.2) is 0 Å². The second-order valence-corrected chi connectivity index (χ2v) is 7.97. The second-order valence-electron chi connectivity index (χ2n) is 7.97. The summed E-state index contributed by atoms with van der Waals surface area (Å²) in [5.74, 6) is 0. The monoisotopic (exact) mass is 281 g/mol. The Bertz CT molecular complexity index is 297. The van der Waals surface area contributed by atoms with Crippen LogP contribution in [0.25, 0.3) is 0 Å². The van der Waals surface area contributed by atoms with Crippen LogP contribution in [-0.4, -0.2) is 61.2 Å². The Morgan fingerprint density at radius 3 is 2.50 bits per heavy atom. The number of rotatable bonds is 3. The molecule has 0 radical (unpaired) electrons. The third-order valence-corrected chi connectivity index (χ3v) is 5.42. The van der Waals surface area contributed by atoms with Gasteiger partial charge in [0, 0.05) is 37.8 Å². The van der Waals surface area contributed by atoms with Crippen molar-refractivity contribution in [1.82, 2.24) is 15.1 Å². The lowest BCUT2D eigenvalue weighted by molar-refractivity contribution is 0.0480. The molecule has 3 heteroatoms. The van der Waals surface area contributed by atoms with Crippen molar-refractivity contribution in [1.29, 1.82) is 0 Å². The van der Waals surface area contributed by atoms with E-state index in [1.165, 1.54) is 45.3 Å². The zero-order valence-electron chi connectivity index (χ0n) is 14.3. The van der Waals surface area contributed by atoms with Crippen LogP contribution in [0.4, 0.5) is 0 Å². The quantitative estimate of drug-likeness (QED) is 0.858. The minimum Gasteiger partial charge on any atom is -0.311 e. The molecule has 0 aromatic heterocycles. The molecule has 2 saturated heterocycles. The van der Waals surface area contributed by atoms with Gasteiger partial charge >= 0.3 is 0 Å². The number of nitrogens with one attached hydrogen (secondary N) is 1. The van der Waals surface area contributed by atoms with Crippen LogP contribution < -0.4 is 5.32 Å². The Balaban J connectivity index is 1.98. The maximum absolute atomic E-state index is 3.78. The summed E-state index contributed by atoms with van der Waals surface area (Å²) in [4.78, 5) is 5.36. The minimum absolute atomic E-state index is 0.357. The first-order valence-electron chi connectivity index (χ1n) is 8.59. The predicted molar refractivity (Wildman–Crippen MR) is 87.2 cm³/mol. The van der Waals surface area contributed by atoms with Gasteiger partial charge in [-0.2, -0.15) is 0 Å². The van der Waals surface area contributed by atoms with E-state index in [1.54, 1.807) is 0 Å². The molecule has 2 fully saturated rings. The fourth-order valence-electron chi connectivity index (χ4n) is 3.71. The molecule has 0 spiro atoms. The van der Waals surface area contributed by atoms with Crippen molar-refractivity contribution in [3.8, 4) is 0 Å². The van der Waals surface area contributed by atoms with Gasteiger partial charge in [-0.15, -0.1) is 0 Å². The van der Waals surface area contributed by atoms with Gasteiger partial charge in [-0.3, -0.25) is 4.90 Å². The largest absolute Gasteiger partial charge is 0.311 e. The molecule has 2 aliphatic rings. The highest BCUT2D eigenvalue weighted by molar-refractivity contribution is 4.93. The Hall–Kier alpha value is -0.120. The minimum atomic E-state index is 0.357. The third-order valence-electron chi connectivity index (χ3n) is 5.42. The topological polar surface area (TPSA) is 18.5 Å². The third kappa shape index (κ3) is 3.96. The molecule has 1 N–H and O–H groups in total. The lowest BCUT2D eigenvalue weighted by Gasteiger charge is -2.47. The number of hydrogen-bond donors (Lipinski definition) is 1. The maximum atomic E-state index is 3.78. The SMILES string of the molecule is CCC1CNC(C(C)(C)C)CN1CC1CCCCN1C. The summed E-state index contributed by atoms with van der Waals surface area (Å²) in [5, 5.41) is 3.78. The first-order valence-corrected chi connectivity index (χ1v) is 8.59. The van der Waals surface area contributed by atoms with Crippen molar-refractivity contribution in [2.75, 3.05) is 33.2 Å². The number of likely N-dealkylation sites (tertiary alicyclic amines) is 1. The number of piperazine rings is 1. The summed E-state index contributed by atoms with van der Waals surface area (Å²) in [6, 6.07) is 2.12. The normalized spacial score (nSPS) is 34.4. The highest BCUT2D eigenvalue weighted by Gasteiger charge is 2.34. The molecule has 0 aromatic carbocycles. The number of likely N-dealkylation sites (N-methyl/N-ethyl adjacent to an activating group) is 1. The predicted octanol–water partition coefficient (Wildman–Crippen LogP) is 2.57. The van der Waals surface area contributed by atoms with Crippen molar-refractivity contribution in [3.05, 3.63) is 0 Å². The molecule has 3 nitrogen and oxygen atoms in total. The van der Waals surface area contributed by atoms with E-state index in [1.807, 2.05) is 0 Å². The standard InChI is InChI=1S/C17H35N3/c1-6-14-11-18-16(17(2,3)4)13-20(14)12-15-9-7-8-10-19(15)5/h14-16,18H,6-13H2,1-5H3. The zero-order valence-corrected chi connectivity index (χ0v) is 14.3. The summed E-state index contributed by atoms with van der Waals surface area (Å²) in [6.45, 7) is 14.4. The molecule has 0 aliphatic carbocycles. The molecule has 2 heterocycles. The summed E-state index contributed by atoms with van der Waals surface area (Å²) in [5.41, 5.74) is 0.357. The first-order chi connectivity index (χ1) is 9.41. The molecule has 2 rings (SSSR count). The van der Waals surface area contributed by atoms with Crippen LogP contribution in [-0.2, 0) is 0 Å². The van der Waals surface area contributed by atoms with Crippen molar-refractivity contribution in [2.24, 2.45) is 5.41 Å². The molecule has 0 aromatic rings. The Kier molecular flexibility index (Phi) is 5.49. The van der Waals surface area contributed by atoms with Crippen molar-refractivity contribution in [2.45, 2.75) is 71.5 Å². The van der Waals surface area contributed by atoms with E-state index in [9.17, 15) is 0 Å². The first kappa shape index (κ1) is 16.3. The molecule has 0 bridgehead atoms. The van der Waals surface area contributed by atoms with Gasteiger partial charge in [-0.05, 0) is 38.3 Å². The van der Waals surface area contributed by atoms with E-state index in [0.29, 0.717) is 11.5 Å². The van der Waals surface area contributed by atoms with E-state index >= 15 is 0 Å². The summed E-state index contributed by atoms with van der Waals surface area (Å²) in [7, 11) is 2.31. The van der Waals surface area contributed by atoms with E-state index in [-0.39, 0.29) is 0 Å². The molecule has 3 unspecified atom stereocenters. The smallest absolute Gasteiger partial charge is 0.0244 e. The van der Waals surface area contributed by atoms with E-state index < -0.39 is 0 Å². The highest BCUT2D eigenvalue weighted by atomic mass is 15.3. The molecule has 0 saturated carbocycles. The van der Waals surface area contributed by atoms with Crippen molar-refractivity contribution < 1.29 is 0 Å². The maximum Gasteiger partial charge on any atom is 0.0244 e. The summed E-state index contributed by atoms with van der Waals surface area (Å²) >= 11 is 0. The molecule has 2 aliphatic heterocycles. The Labute approximate surface area is 126 Å². The lowest BCUT2D eigenvalue weighted by Crippen LogP contribution is -2.62. The average molecular weight is 281 g/mol. The zero-order chi connectivity index (χ0) is 14.8. The van der Waals surface area contributed by atoms with E-state index in [0.717, 1.165) is 18.6 Å². The van der Waals surface area contributed by atoms with Crippen LogP contribution in [0.5, 0.6) is 0 Å². The molecule has 20 heavy (non-hydrogen) atoms. The van der Waals surface area contributed by atoms with Gasteiger partial charge in [0.25, 0.3) is 0 Å². The van der Waals surface area contributed by atoms with Crippen LogP contribution in [0.1, 0.15) is 53.4 Å². The van der Waals surface area contributed by atoms with E-state index in [2.05, 4.69) is 49.9 Å². The van der Waals surface area contributed by atoms with Crippen LogP contribution in [0.2, 0.25) is 0 Å². The summed E-state index contributed by atoms with van der Waals surface area (Å²) < 4.78 is 0. The van der Waals surface area contributed by atoms with E-state index in [4.69, 9.17) is 0 Å². The fourth-order valence-corrected chi connectivity index (χ4v) is 3.71. The van der Waals surface area contributed by atoms with Gasteiger partial charge in [0.05, 0.1) is 0 Å². The number of piperidine rings is 1. The van der Waals surface area contributed by atoms with Gasteiger partial charge in [-0.25, -0.2) is 0 Å². The van der Waals surface area contributed by atoms with Gasteiger partial charge in [0.1, 0.15) is 0 Å². The molecule has 118 valence electrons. The summed E-state index contributed by atoms with van der Waals surface area (Å²) in [6.07, 6.45) is 5.45. The van der Waals surface area contributed by atoms with Gasteiger partial charge in [-0.1, -0.05) is 34.1 Å². The Morgan fingerprint density at radius 2 is 1.90 bits per heavy atom. The van der Waals surface area contributed by atoms with Crippen LogP contribution in [0, 0.1) is 5.41 Å². The molecule has 3 atom stereocenters. The lowest BCUT2D eigenvalue weighted by atomic mass is 9.84. The molecular weight excluding hydrogens is 246 g/mol. The van der Waals surface area contributed by atoms with Crippen molar-refractivity contribution in [3.63, 3.8) is 0 Å². The molecule has 0 amide bonds. The fraction of sp³-hybridized carbons (Fsp3) is 1.00. The molecular formula is C17H35N3. The number of hydrogen-bond acceptors (Lipinski definition) is 3. The number of nitrogens with zero attached hydrogens (tertiary/aromatic N) is 2. The second kappa shape index (κ2) is 6.76. The van der Waals surface area contributed by atoms with Crippen LogP contribution in [0.15, 0.2) is 0 Å².